The number of esters is 1. The molecule has 0 aliphatic rings. The molecule has 0 aliphatic carbocycles. The molecule has 0 fully saturated rings. The maximum atomic E-state index is 11.2. The summed E-state index contributed by atoms with van der Waals surface area (Å²) in [5.41, 5.74) is 0. The fourth-order valence-corrected chi connectivity index (χ4v) is 1.33. The van der Waals surface area contributed by atoms with Crippen LogP contribution in [0.25, 0.3) is 0 Å². The van der Waals surface area contributed by atoms with E-state index < -0.39 is 0 Å². The number of ether oxygens (including phenoxy) is 1. The first-order chi connectivity index (χ1) is 7.81. The van der Waals surface area contributed by atoms with Crippen molar-refractivity contribution in [3.63, 3.8) is 0 Å². The Morgan fingerprint density at radius 3 is 2.56 bits per heavy atom. The zero-order valence-electron chi connectivity index (χ0n) is 10.6. The fourth-order valence-electron chi connectivity index (χ4n) is 1.33. The predicted octanol–water partition coefficient (Wildman–Crippen LogP) is 4.02. The van der Waals surface area contributed by atoms with Crippen molar-refractivity contribution in [1.29, 1.82) is 0 Å². The van der Waals surface area contributed by atoms with Gasteiger partial charge in [-0.1, -0.05) is 50.8 Å². The van der Waals surface area contributed by atoms with Crippen molar-refractivity contribution in [3.05, 3.63) is 24.3 Å². The molecule has 0 bridgehead atoms. The van der Waals surface area contributed by atoms with Gasteiger partial charge < -0.3 is 4.74 Å². The van der Waals surface area contributed by atoms with E-state index in [1.54, 1.807) is 0 Å². The molecule has 0 heterocycles. The van der Waals surface area contributed by atoms with Gasteiger partial charge in [-0.3, -0.25) is 4.79 Å². The molecular formula is C14H24O2. The summed E-state index contributed by atoms with van der Waals surface area (Å²) >= 11 is 0. The second-order valence-electron chi connectivity index (χ2n) is 3.80. The minimum absolute atomic E-state index is 0.0818. The Morgan fingerprint density at radius 1 is 1.12 bits per heavy atom. The summed E-state index contributed by atoms with van der Waals surface area (Å²) in [6, 6.07) is 0. The second kappa shape index (κ2) is 12.0. The summed E-state index contributed by atoms with van der Waals surface area (Å²) in [6.45, 7) is 4.52. The number of hydrogen-bond donors (Lipinski definition) is 0. The first kappa shape index (κ1) is 14.9. The third kappa shape index (κ3) is 11.0. The van der Waals surface area contributed by atoms with Gasteiger partial charge in [0.05, 0.1) is 0 Å². The van der Waals surface area contributed by atoms with Gasteiger partial charge in [0, 0.05) is 6.42 Å². The Bertz CT molecular complexity index is 217. The van der Waals surface area contributed by atoms with Gasteiger partial charge in [-0.05, 0) is 19.4 Å². The lowest BCUT2D eigenvalue weighted by Gasteiger charge is -2.01. The maximum absolute atomic E-state index is 11.2. The first-order valence-electron chi connectivity index (χ1n) is 6.24. The SMILES string of the molecule is C/C=C/C=C\COC(=O)CCCCCCC. The molecular weight excluding hydrogens is 200 g/mol. The molecule has 0 unspecified atom stereocenters. The molecule has 0 saturated heterocycles. The van der Waals surface area contributed by atoms with Crippen LogP contribution in [0.2, 0.25) is 0 Å². The molecule has 0 atom stereocenters. The lowest BCUT2D eigenvalue weighted by Crippen LogP contribution is -2.03. The van der Waals surface area contributed by atoms with Crippen LogP contribution < -0.4 is 0 Å². The zero-order valence-corrected chi connectivity index (χ0v) is 10.6. The third-order valence-corrected chi connectivity index (χ3v) is 2.26. The Kier molecular flexibility index (Phi) is 11.2. The van der Waals surface area contributed by atoms with Crippen LogP contribution >= 0.6 is 0 Å². The molecule has 2 heteroatoms. The van der Waals surface area contributed by atoms with Gasteiger partial charge in [-0.2, -0.15) is 0 Å². The van der Waals surface area contributed by atoms with Gasteiger partial charge in [0.25, 0.3) is 0 Å². The second-order valence-corrected chi connectivity index (χ2v) is 3.80. The highest BCUT2D eigenvalue weighted by molar-refractivity contribution is 5.69. The van der Waals surface area contributed by atoms with E-state index >= 15 is 0 Å². The summed E-state index contributed by atoms with van der Waals surface area (Å²) in [5.74, 6) is -0.0818. The van der Waals surface area contributed by atoms with Gasteiger partial charge >= 0.3 is 5.97 Å². The van der Waals surface area contributed by atoms with Crippen molar-refractivity contribution in [1.82, 2.24) is 0 Å². The van der Waals surface area contributed by atoms with E-state index in [0.29, 0.717) is 13.0 Å². The van der Waals surface area contributed by atoms with E-state index in [2.05, 4.69) is 6.92 Å². The maximum Gasteiger partial charge on any atom is 0.306 e. The van der Waals surface area contributed by atoms with E-state index in [9.17, 15) is 4.79 Å². The van der Waals surface area contributed by atoms with Crippen molar-refractivity contribution in [2.75, 3.05) is 6.61 Å². The number of hydrogen-bond acceptors (Lipinski definition) is 2. The molecule has 0 amide bonds. The number of carbonyl (C=O) groups excluding carboxylic acids is 1. The zero-order chi connectivity index (χ0) is 12.1. The Labute approximate surface area is 99.4 Å². The van der Waals surface area contributed by atoms with E-state index in [-0.39, 0.29) is 5.97 Å². The molecule has 0 N–H and O–H groups in total. The van der Waals surface area contributed by atoms with Gasteiger partial charge in [0.15, 0.2) is 0 Å². The molecule has 2 nitrogen and oxygen atoms in total. The van der Waals surface area contributed by atoms with Crippen molar-refractivity contribution in [2.24, 2.45) is 0 Å². The van der Waals surface area contributed by atoms with Crippen LogP contribution in [0.5, 0.6) is 0 Å². The van der Waals surface area contributed by atoms with Gasteiger partial charge in [-0.25, -0.2) is 0 Å². The van der Waals surface area contributed by atoms with Crippen LogP contribution in [0.1, 0.15) is 52.4 Å². The molecule has 16 heavy (non-hydrogen) atoms. The summed E-state index contributed by atoms with van der Waals surface area (Å²) in [5, 5.41) is 0. The minimum Gasteiger partial charge on any atom is -0.461 e. The van der Waals surface area contributed by atoms with E-state index in [1.165, 1.54) is 19.3 Å². The highest BCUT2D eigenvalue weighted by Gasteiger charge is 2.00. The number of rotatable bonds is 9. The average molecular weight is 224 g/mol. The topological polar surface area (TPSA) is 26.3 Å². The molecule has 0 aliphatic heterocycles. The number of carbonyl (C=O) groups is 1. The monoisotopic (exact) mass is 224 g/mol. The van der Waals surface area contributed by atoms with Gasteiger partial charge in [0.2, 0.25) is 0 Å². The van der Waals surface area contributed by atoms with Crippen molar-refractivity contribution < 1.29 is 9.53 Å². The summed E-state index contributed by atoms with van der Waals surface area (Å²) in [4.78, 5) is 11.2. The minimum atomic E-state index is -0.0818. The quantitative estimate of drug-likeness (QED) is 0.336. The van der Waals surface area contributed by atoms with E-state index in [1.807, 2.05) is 31.2 Å². The lowest BCUT2D eigenvalue weighted by atomic mass is 10.1. The van der Waals surface area contributed by atoms with Gasteiger partial charge in [0.1, 0.15) is 6.61 Å². The largest absolute Gasteiger partial charge is 0.461 e. The highest BCUT2D eigenvalue weighted by Crippen LogP contribution is 2.05. The molecule has 0 saturated carbocycles. The van der Waals surface area contributed by atoms with Crippen molar-refractivity contribution in [2.45, 2.75) is 52.4 Å². The van der Waals surface area contributed by atoms with E-state index in [0.717, 1.165) is 12.8 Å². The molecule has 0 rings (SSSR count). The standard InChI is InChI=1S/C14H24O2/c1-3-5-7-9-10-12-14(15)16-13-11-8-6-4-2/h4,6,8,11H,3,5,7,9-10,12-13H2,1-2H3/b6-4+,11-8-. The highest BCUT2D eigenvalue weighted by atomic mass is 16.5. The van der Waals surface area contributed by atoms with Crippen LogP contribution in [0, 0.1) is 0 Å². The summed E-state index contributed by atoms with van der Waals surface area (Å²) < 4.78 is 5.04. The van der Waals surface area contributed by atoms with Crippen LogP contribution in [0.15, 0.2) is 24.3 Å². The van der Waals surface area contributed by atoms with Crippen LogP contribution in [0.4, 0.5) is 0 Å². The summed E-state index contributed by atoms with van der Waals surface area (Å²) in [7, 11) is 0. The smallest absolute Gasteiger partial charge is 0.306 e. The Balaban J connectivity index is 3.31. The van der Waals surface area contributed by atoms with Crippen LogP contribution in [-0.2, 0) is 9.53 Å². The number of allylic oxidation sites excluding steroid dienone is 3. The van der Waals surface area contributed by atoms with Gasteiger partial charge in [-0.15, -0.1) is 0 Å². The fraction of sp³-hybridized carbons (Fsp3) is 0.643. The van der Waals surface area contributed by atoms with Crippen molar-refractivity contribution in [3.8, 4) is 0 Å². The molecule has 92 valence electrons. The normalized spacial score (nSPS) is 11.4. The average Bonchev–Trinajstić information content (AvgIpc) is 2.28. The molecule has 0 radical (unpaired) electrons. The first-order valence-corrected chi connectivity index (χ1v) is 6.24. The molecule has 0 aromatic heterocycles. The number of unbranched alkanes of at least 4 members (excludes halogenated alkanes) is 4. The Hall–Kier alpha value is -1.05. The van der Waals surface area contributed by atoms with E-state index in [4.69, 9.17) is 4.74 Å². The van der Waals surface area contributed by atoms with Crippen molar-refractivity contribution >= 4 is 5.97 Å². The molecule has 0 spiro atoms. The molecule has 0 aromatic carbocycles. The molecule has 0 aromatic rings. The predicted molar refractivity (Wildman–Crippen MR) is 68.3 cm³/mol. The van der Waals surface area contributed by atoms with Crippen LogP contribution in [-0.4, -0.2) is 12.6 Å². The Morgan fingerprint density at radius 2 is 1.88 bits per heavy atom. The summed E-state index contributed by atoms with van der Waals surface area (Å²) in [6.07, 6.45) is 14.0. The lowest BCUT2D eigenvalue weighted by molar-refractivity contribution is -0.142. The van der Waals surface area contributed by atoms with Crippen LogP contribution in [0.3, 0.4) is 0 Å². The third-order valence-electron chi connectivity index (χ3n) is 2.26.